The molecule has 0 N–H and O–H groups in total. The van der Waals surface area contributed by atoms with Crippen LogP contribution in [0.15, 0.2) is 0 Å². The Hall–Kier alpha value is -0.0400. The minimum absolute atomic E-state index is 0.933. The molecule has 1 nitrogen and oxygen atoms in total. The fourth-order valence-corrected chi connectivity index (χ4v) is 4.33. The highest BCUT2D eigenvalue weighted by Crippen LogP contribution is 2.82. The van der Waals surface area contributed by atoms with Gasteiger partial charge in [-0.05, 0) is 6.92 Å². The van der Waals surface area contributed by atoms with E-state index in [1.54, 1.807) is 23.9 Å². The van der Waals surface area contributed by atoms with Gasteiger partial charge in [-0.3, -0.25) is 0 Å². The highest BCUT2D eigenvalue weighted by Gasteiger charge is 2.96. The first-order valence-corrected chi connectivity index (χ1v) is 4.71. The zero-order valence-electron chi connectivity index (χ0n) is 6.51. The van der Waals surface area contributed by atoms with Crippen LogP contribution in [-0.2, 0) is 0 Å². The molecule has 1 heteroatoms. The normalized spacial score (nSPS) is 79.5. The number of hydrogen-bond acceptors (Lipinski definition) is 0. The minimum Gasteiger partial charge on any atom is -0.306 e. The maximum absolute atomic E-state index is 2.39. The second-order valence-electron chi connectivity index (χ2n) is 4.89. The molecule has 0 aromatic carbocycles. The highest BCUT2D eigenvalue weighted by atomic mass is 15.6. The first-order chi connectivity index (χ1) is 4.84. The lowest BCUT2D eigenvalue weighted by molar-refractivity contribution is -0.825. The van der Waals surface area contributed by atoms with Crippen LogP contribution in [-0.4, -0.2) is 29.2 Å². The van der Waals surface area contributed by atoms with E-state index in [1.807, 2.05) is 0 Å². The third-order valence-electron chi connectivity index (χ3n) is 4.96. The number of hydrogen-bond donors (Lipinski definition) is 0. The first-order valence-electron chi connectivity index (χ1n) is 4.71. The molecule has 2 saturated heterocycles. The predicted molar refractivity (Wildman–Crippen MR) is 38.4 cm³/mol. The topological polar surface area (TPSA) is 0 Å². The second-order valence-corrected chi connectivity index (χ2v) is 4.89. The van der Waals surface area contributed by atoms with Crippen LogP contribution in [0.25, 0.3) is 0 Å². The zero-order chi connectivity index (χ0) is 6.56. The quantitative estimate of drug-likeness (QED) is 0.372. The van der Waals surface area contributed by atoms with Gasteiger partial charge in [0.05, 0.1) is 12.6 Å². The zero-order valence-corrected chi connectivity index (χ0v) is 6.51. The maximum Gasteiger partial charge on any atom is 0.153 e. The molecule has 0 bridgehead atoms. The summed E-state index contributed by atoms with van der Waals surface area (Å²) < 4.78 is 1.59. The van der Waals surface area contributed by atoms with Gasteiger partial charge in [0.25, 0.3) is 0 Å². The van der Waals surface area contributed by atoms with Gasteiger partial charge in [0.2, 0.25) is 0 Å². The van der Waals surface area contributed by atoms with Crippen LogP contribution in [0.2, 0.25) is 0 Å². The van der Waals surface area contributed by atoms with E-state index in [1.165, 1.54) is 24.4 Å². The van der Waals surface area contributed by atoms with Crippen molar-refractivity contribution >= 4 is 0 Å². The summed E-state index contributed by atoms with van der Waals surface area (Å²) in [5.41, 5.74) is 0.933. The molecule has 0 aromatic heterocycles. The molecule has 5 unspecified atom stereocenters. The van der Waals surface area contributed by atoms with Crippen LogP contribution in [0.3, 0.4) is 0 Å². The van der Waals surface area contributed by atoms with E-state index in [4.69, 9.17) is 0 Å². The van der Waals surface area contributed by atoms with E-state index in [2.05, 4.69) is 6.92 Å². The lowest BCUT2D eigenvalue weighted by Crippen LogP contribution is -2.30. The van der Waals surface area contributed by atoms with Crippen LogP contribution >= 0.6 is 0 Å². The van der Waals surface area contributed by atoms with E-state index in [9.17, 15) is 0 Å². The third kappa shape index (κ3) is 0.230. The summed E-state index contributed by atoms with van der Waals surface area (Å²) in [5.74, 6) is 2.44. The molecular weight excluding hydrogens is 122 g/mol. The van der Waals surface area contributed by atoms with E-state index in [-0.39, 0.29) is 0 Å². The number of rotatable bonds is 1. The van der Waals surface area contributed by atoms with Crippen LogP contribution in [0.1, 0.15) is 19.8 Å². The lowest BCUT2D eigenvalue weighted by atomic mass is 10.2. The van der Waals surface area contributed by atoms with Gasteiger partial charge in [0.15, 0.2) is 5.54 Å². The van der Waals surface area contributed by atoms with Crippen molar-refractivity contribution in [1.29, 1.82) is 0 Å². The van der Waals surface area contributed by atoms with E-state index >= 15 is 0 Å². The summed E-state index contributed by atoms with van der Waals surface area (Å²) in [5, 5.41) is 0. The molecule has 4 rings (SSSR count). The molecule has 2 aliphatic carbocycles. The Morgan fingerprint density at radius 3 is 3.00 bits per heavy atom. The largest absolute Gasteiger partial charge is 0.306 e. The maximum atomic E-state index is 2.39. The Morgan fingerprint density at radius 1 is 1.60 bits per heavy atom. The Morgan fingerprint density at radius 2 is 2.50 bits per heavy atom. The Bertz CT molecular complexity index is 237. The Labute approximate surface area is 61.6 Å². The molecule has 5 atom stereocenters. The highest BCUT2D eigenvalue weighted by molar-refractivity contribution is 5.29. The molecule has 4 fully saturated rings. The Balaban J connectivity index is 1.89. The van der Waals surface area contributed by atoms with Gasteiger partial charge in [0, 0.05) is 24.7 Å². The smallest absolute Gasteiger partial charge is 0.153 e. The van der Waals surface area contributed by atoms with Gasteiger partial charge in [-0.1, -0.05) is 0 Å². The van der Waals surface area contributed by atoms with Gasteiger partial charge in [0.1, 0.15) is 6.54 Å². The number of quaternary nitrogens is 1. The number of likely N-dealkylation sites (N-methyl/N-ethyl adjacent to an activating group) is 1. The Kier molecular flexibility index (Phi) is 0.434. The predicted octanol–water partition coefficient (Wildman–Crippen LogP) is 0.997. The molecule has 0 radical (unpaired) electrons. The van der Waals surface area contributed by atoms with Crippen LogP contribution < -0.4 is 0 Å². The molecule has 2 saturated carbocycles. The van der Waals surface area contributed by atoms with Gasteiger partial charge < -0.3 is 4.48 Å². The van der Waals surface area contributed by atoms with E-state index in [0.717, 1.165) is 5.54 Å². The van der Waals surface area contributed by atoms with E-state index < -0.39 is 0 Å². The van der Waals surface area contributed by atoms with E-state index in [0.29, 0.717) is 0 Å². The van der Waals surface area contributed by atoms with Gasteiger partial charge in [-0.25, -0.2) is 0 Å². The molecule has 0 aromatic rings. The third-order valence-corrected chi connectivity index (χ3v) is 4.96. The summed E-state index contributed by atoms with van der Waals surface area (Å²) in [6, 6.07) is 1.17. The average molecular weight is 136 g/mol. The van der Waals surface area contributed by atoms with Gasteiger partial charge >= 0.3 is 0 Å². The van der Waals surface area contributed by atoms with Crippen LogP contribution in [0, 0.1) is 11.8 Å². The van der Waals surface area contributed by atoms with Gasteiger partial charge in [-0.15, -0.1) is 0 Å². The number of fused-ring (bicyclic) bond motifs is 3. The fourth-order valence-electron chi connectivity index (χ4n) is 4.33. The van der Waals surface area contributed by atoms with Crippen molar-refractivity contribution in [3.8, 4) is 0 Å². The molecule has 54 valence electrons. The molecular formula is C9H14N+. The number of nitrogens with zero attached hydrogens (tertiary/aromatic N) is 1. The standard InChI is InChI=1S/C9H14N/c1-2-10-5-9(10)4-7(9)6-3-8(6)10/h6-8H,2-5H2,1H3/q+1. The summed E-state index contributed by atoms with van der Waals surface area (Å²) >= 11 is 0. The van der Waals surface area contributed by atoms with Crippen LogP contribution in [0.5, 0.6) is 0 Å². The molecule has 0 amide bonds. The van der Waals surface area contributed by atoms with Crippen molar-refractivity contribution in [1.82, 2.24) is 0 Å². The summed E-state index contributed by atoms with van der Waals surface area (Å²) in [6.07, 6.45) is 3.21. The van der Waals surface area contributed by atoms with Crippen molar-refractivity contribution in [2.75, 3.05) is 13.1 Å². The molecule has 1 spiro atoms. The second kappa shape index (κ2) is 0.911. The molecule has 2 aliphatic heterocycles. The first kappa shape index (κ1) is 4.76. The van der Waals surface area contributed by atoms with Crippen molar-refractivity contribution in [2.45, 2.75) is 31.3 Å². The summed E-state index contributed by atoms with van der Waals surface area (Å²) in [7, 11) is 0. The molecule has 2 heterocycles. The molecule has 4 aliphatic rings. The SMILES string of the molecule is CC[N+]12CC13CC3C1CC12. The lowest BCUT2D eigenvalue weighted by Gasteiger charge is -2.15. The minimum atomic E-state index is 0.933. The molecule has 10 heavy (non-hydrogen) atoms. The summed E-state index contributed by atoms with van der Waals surface area (Å²) in [6.45, 7) is 5.41. The van der Waals surface area contributed by atoms with Crippen molar-refractivity contribution in [2.24, 2.45) is 11.8 Å². The fraction of sp³-hybridized carbons (Fsp3) is 1.00. The summed E-state index contributed by atoms with van der Waals surface area (Å²) in [4.78, 5) is 0. The van der Waals surface area contributed by atoms with Crippen molar-refractivity contribution in [3.63, 3.8) is 0 Å². The monoisotopic (exact) mass is 136 g/mol. The average Bonchev–Trinajstić information content (AvgIpc) is 2.80. The van der Waals surface area contributed by atoms with Crippen molar-refractivity contribution < 1.29 is 4.48 Å². The number of piperidine rings is 3. The van der Waals surface area contributed by atoms with Crippen molar-refractivity contribution in [3.05, 3.63) is 0 Å². The van der Waals surface area contributed by atoms with Crippen LogP contribution in [0.4, 0.5) is 0 Å². The van der Waals surface area contributed by atoms with Gasteiger partial charge in [-0.2, -0.15) is 0 Å².